The predicted octanol–water partition coefficient (Wildman–Crippen LogP) is 3.82. The second kappa shape index (κ2) is 7.41. The zero-order valence-electron chi connectivity index (χ0n) is 12.5. The minimum atomic E-state index is -0.371. The number of hydrogen-bond acceptors (Lipinski definition) is 4. The molecule has 0 saturated heterocycles. The molecule has 1 aromatic heterocycles. The largest absolute Gasteiger partial charge is 0.365 e. The second-order valence-corrected chi connectivity index (χ2v) is 5.77. The van der Waals surface area contributed by atoms with Crippen LogP contribution in [-0.4, -0.2) is 22.6 Å². The highest BCUT2D eigenvalue weighted by atomic mass is 19.1. The van der Waals surface area contributed by atoms with Crippen LogP contribution in [0.3, 0.4) is 0 Å². The van der Waals surface area contributed by atoms with E-state index in [2.05, 4.69) is 34.4 Å². The first-order valence-electron chi connectivity index (χ1n) is 7.72. The molecule has 1 heterocycles. The van der Waals surface area contributed by atoms with Gasteiger partial charge >= 0.3 is 0 Å². The van der Waals surface area contributed by atoms with Crippen LogP contribution in [-0.2, 0) is 0 Å². The van der Waals surface area contributed by atoms with Crippen molar-refractivity contribution >= 4 is 11.8 Å². The molecule has 1 aromatic rings. The Morgan fingerprint density at radius 1 is 1.30 bits per heavy atom. The lowest BCUT2D eigenvalue weighted by atomic mass is 10.0. The summed E-state index contributed by atoms with van der Waals surface area (Å²) in [4.78, 5) is 8.21. The summed E-state index contributed by atoms with van der Waals surface area (Å²) < 4.78 is 13.8. The molecule has 0 radical (unpaired) electrons. The Bertz CT molecular complexity index is 424. The van der Waals surface area contributed by atoms with Gasteiger partial charge in [0.2, 0.25) is 5.95 Å². The fourth-order valence-electron chi connectivity index (χ4n) is 2.62. The van der Waals surface area contributed by atoms with Crippen LogP contribution in [0.5, 0.6) is 0 Å². The molecule has 20 heavy (non-hydrogen) atoms. The summed E-state index contributed by atoms with van der Waals surface area (Å²) >= 11 is 0. The number of hydrogen-bond donors (Lipinski definition) is 2. The van der Waals surface area contributed by atoms with Crippen LogP contribution in [0, 0.1) is 11.7 Å². The molecule has 1 fully saturated rings. The van der Waals surface area contributed by atoms with Crippen molar-refractivity contribution in [1.29, 1.82) is 0 Å². The van der Waals surface area contributed by atoms with E-state index in [0.29, 0.717) is 17.8 Å². The third kappa shape index (κ3) is 4.32. The third-order valence-electron chi connectivity index (χ3n) is 3.88. The molecule has 112 valence electrons. The van der Waals surface area contributed by atoms with Crippen molar-refractivity contribution in [2.75, 3.05) is 17.2 Å². The van der Waals surface area contributed by atoms with Gasteiger partial charge in [0, 0.05) is 12.6 Å². The molecule has 0 spiro atoms. The van der Waals surface area contributed by atoms with Gasteiger partial charge in [0.15, 0.2) is 11.6 Å². The lowest BCUT2D eigenvalue weighted by Gasteiger charge is -2.17. The van der Waals surface area contributed by atoms with Crippen LogP contribution in [0.2, 0.25) is 0 Å². The van der Waals surface area contributed by atoms with E-state index in [0.717, 1.165) is 31.7 Å². The van der Waals surface area contributed by atoms with Crippen LogP contribution in [0.15, 0.2) is 6.20 Å². The van der Waals surface area contributed by atoms with Gasteiger partial charge in [-0.05, 0) is 31.6 Å². The summed E-state index contributed by atoms with van der Waals surface area (Å²) in [5.74, 6) is 1.24. The molecule has 4 nitrogen and oxygen atoms in total. The Morgan fingerprint density at radius 3 is 2.95 bits per heavy atom. The molecule has 2 atom stereocenters. The molecule has 5 heteroatoms. The zero-order chi connectivity index (χ0) is 14.4. The number of halogens is 1. The summed E-state index contributed by atoms with van der Waals surface area (Å²) in [6.45, 7) is 5.16. The molecule has 2 rings (SSSR count). The average Bonchev–Trinajstić information content (AvgIpc) is 2.64. The Balaban J connectivity index is 2.00. The smallest absolute Gasteiger partial charge is 0.224 e. The summed E-state index contributed by atoms with van der Waals surface area (Å²) in [5, 5.41) is 6.35. The Kier molecular flexibility index (Phi) is 5.56. The fourth-order valence-corrected chi connectivity index (χ4v) is 2.62. The molecular weight excluding hydrogens is 255 g/mol. The van der Waals surface area contributed by atoms with Gasteiger partial charge in [0.25, 0.3) is 0 Å². The maximum absolute atomic E-state index is 13.8. The van der Waals surface area contributed by atoms with Gasteiger partial charge in [0.05, 0.1) is 6.20 Å². The molecule has 1 aliphatic rings. The van der Waals surface area contributed by atoms with Gasteiger partial charge in [-0.25, -0.2) is 9.37 Å². The second-order valence-electron chi connectivity index (χ2n) is 5.77. The Labute approximate surface area is 120 Å². The van der Waals surface area contributed by atoms with Crippen molar-refractivity contribution in [3.8, 4) is 0 Å². The van der Waals surface area contributed by atoms with Crippen LogP contribution in [0.25, 0.3) is 0 Å². The molecular formula is C15H25FN4. The highest BCUT2D eigenvalue weighted by molar-refractivity contribution is 5.41. The summed E-state index contributed by atoms with van der Waals surface area (Å²) in [6, 6.07) is 0.323. The molecule has 0 aromatic carbocycles. The molecule has 0 bridgehead atoms. The van der Waals surface area contributed by atoms with E-state index in [1.165, 1.54) is 25.5 Å². The minimum Gasteiger partial charge on any atom is -0.365 e. The van der Waals surface area contributed by atoms with E-state index in [-0.39, 0.29) is 5.82 Å². The van der Waals surface area contributed by atoms with Crippen molar-refractivity contribution < 1.29 is 4.39 Å². The van der Waals surface area contributed by atoms with E-state index >= 15 is 0 Å². The molecule has 1 saturated carbocycles. The molecule has 2 unspecified atom stereocenters. The van der Waals surface area contributed by atoms with Crippen molar-refractivity contribution in [3.05, 3.63) is 12.0 Å². The maximum Gasteiger partial charge on any atom is 0.224 e. The Hall–Kier alpha value is -1.39. The number of aromatic nitrogens is 2. The number of nitrogens with one attached hydrogen (secondary N) is 2. The van der Waals surface area contributed by atoms with Gasteiger partial charge in [-0.1, -0.05) is 26.7 Å². The molecule has 0 aliphatic heterocycles. The van der Waals surface area contributed by atoms with Gasteiger partial charge in [-0.15, -0.1) is 0 Å². The SMILES string of the molecule is CCCNc1ncc(F)c(NC2CCCC(C)CC2)n1. The van der Waals surface area contributed by atoms with E-state index < -0.39 is 0 Å². The van der Waals surface area contributed by atoms with Crippen molar-refractivity contribution in [2.24, 2.45) is 5.92 Å². The van der Waals surface area contributed by atoms with Crippen LogP contribution in [0.1, 0.15) is 52.4 Å². The van der Waals surface area contributed by atoms with Gasteiger partial charge in [-0.2, -0.15) is 4.98 Å². The number of anilines is 2. The number of nitrogens with zero attached hydrogens (tertiary/aromatic N) is 2. The van der Waals surface area contributed by atoms with Crippen LogP contribution in [0.4, 0.5) is 16.2 Å². The van der Waals surface area contributed by atoms with Crippen molar-refractivity contribution in [1.82, 2.24) is 9.97 Å². The minimum absolute atomic E-state index is 0.323. The summed E-state index contributed by atoms with van der Waals surface area (Å²) in [5.41, 5.74) is 0. The summed E-state index contributed by atoms with van der Waals surface area (Å²) in [6.07, 6.45) is 8.08. The monoisotopic (exact) mass is 280 g/mol. The van der Waals surface area contributed by atoms with Gasteiger partial charge in [0.1, 0.15) is 0 Å². The standard InChI is InChI=1S/C15H25FN4/c1-3-9-17-15-18-10-13(16)14(20-15)19-12-6-4-5-11(2)7-8-12/h10-12H,3-9H2,1-2H3,(H2,17,18,19,20). The highest BCUT2D eigenvalue weighted by Gasteiger charge is 2.18. The third-order valence-corrected chi connectivity index (χ3v) is 3.88. The normalized spacial score (nSPS) is 23.1. The van der Waals surface area contributed by atoms with Crippen molar-refractivity contribution in [3.63, 3.8) is 0 Å². The van der Waals surface area contributed by atoms with E-state index in [9.17, 15) is 4.39 Å². The summed E-state index contributed by atoms with van der Waals surface area (Å²) in [7, 11) is 0. The fraction of sp³-hybridized carbons (Fsp3) is 0.733. The van der Waals surface area contributed by atoms with Gasteiger partial charge in [-0.3, -0.25) is 0 Å². The zero-order valence-corrected chi connectivity index (χ0v) is 12.5. The van der Waals surface area contributed by atoms with E-state index in [1.54, 1.807) is 0 Å². The van der Waals surface area contributed by atoms with Crippen LogP contribution >= 0.6 is 0 Å². The lowest BCUT2D eigenvalue weighted by Crippen LogP contribution is -2.21. The first-order valence-corrected chi connectivity index (χ1v) is 7.72. The van der Waals surface area contributed by atoms with Crippen molar-refractivity contribution in [2.45, 2.75) is 58.4 Å². The number of rotatable bonds is 5. The Morgan fingerprint density at radius 2 is 2.15 bits per heavy atom. The molecule has 1 aliphatic carbocycles. The topological polar surface area (TPSA) is 49.8 Å². The molecule has 0 amide bonds. The maximum atomic E-state index is 13.8. The lowest BCUT2D eigenvalue weighted by molar-refractivity contribution is 0.501. The predicted molar refractivity (Wildman–Crippen MR) is 80.4 cm³/mol. The molecule has 2 N–H and O–H groups in total. The average molecular weight is 280 g/mol. The highest BCUT2D eigenvalue weighted by Crippen LogP contribution is 2.25. The quantitative estimate of drug-likeness (QED) is 0.805. The first-order chi connectivity index (χ1) is 9.69. The first kappa shape index (κ1) is 15.0. The van der Waals surface area contributed by atoms with Crippen LogP contribution < -0.4 is 10.6 Å². The van der Waals surface area contributed by atoms with E-state index in [4.69, 9.17) is 0 Å². The van der Waals surface area contributed by atoms with E-state index in [1.807, 2.05) is 0 Å². The van der Waals surface area contributed by atoms with Gasteiger partial charge < -0.3 is 10.6 Å².